The van der Waals surface area contributed by atoms with Gasteiger partial charge in [-0.1, -0.05) is 13.8 Å². The lowest BCUT2D eigenvalue weighted by molar-refractivity contribution is -0.127. The van der Waals surface area contributed by atoms with Crippen LogP contribution in [0.1, 0.15) is 26.7 Å². The summed E-state index contributed by atoms with van der Waals surface area (Å²) in [6.45, 7) is 4.73. The minimum atomic E-state index is 0.0694. The molecule has 3 nitrogen and oxygen atoms in total. The van der Waals surface area contributed by atoms with Crippen LogP contribution in [0.4, 0.5) is 0 Å². The molecule has 0 aromatic carbocycles. The van der Waals surface area contributed by atoms with Gasteiger partial charge in [-0.3, -0.25) is 9.80 Å². The highest BCUT2D eigenvalue weighted by Crippen LogP contribution is 2.02. The van der Waals surface area contributed by atoms with Crippen LogP contribution in [-0.4, -0.2) is 17.5 Å². The molecule has 1 fully saturated rings. The van der Waals surface area contributed by atoms with E-state index < -0.39 is 0 Å². The van der Waals surface area contributed by atoms with Crippen molar-refractivity contribution in [2.45, 2.75) is 26.7 Å². The summed E-state index contributed by atoms with van der Waals surface area (Å²) in [5, 5.41) is 1.26. The first-order chi connectivity index (χ1) is 4.30. The van der Waals surface area contributed by atoms with E-state index in [9.17, 15) is 4.79 Å². The second kappa shape index (κ2) is 4.32. The number of hydrazine groups is 1. The maximum absolute atomic E-state index is 10.4. The quantitative estimate of drug-likeness (QED) is 0.383. The average Bonchev–Trinajstić information content (AvgIpc) is 2.23. The molecule has 54 valence electrons. The maximum Gasteiger partial charge on any atom is 0.236 e. The molecule has 1 saturated heterocycles. The molecule has 2 N–H and O–H groups in total. The third kappa shape index (κ3) is 2.46. The van der Waals surface area contributed by atoms with Gasteiger partial charge in [0.1, 0.15) is 0 Å². The predicted octanol–water partition coefficient (Wildman–Crippen LogP) is 0.509. The lowest BCUT2D eigenvalue weighted by Crippen LogP contribution is -2.31. The first-order valence-electron chi connectivity index (χ1n) is 3.36. The monoisotopic (exact) mass is 130 g/mol. The minimum absolute atomic E-state index is 0.0694. The molecular formula is C6H14N2O. The third-order valence-electron chi connectivity index (χ3n) is 1.11. The van der Waals surface area contributed by atoms with E-state index in [1.165, 1.54) is 5.01 Å². The van der Waals surface area contributed by atoms with Crippen molar-refractivity contribution < 1.29 is 4.79 Å². The predicted molar refractivity (Wildman–Crippen MR) is 36.5 cm³/mol. The van der Waals surface area contributed by atoms with E-state index in [0.717, 1.165) is 13.0 Å². The van der Waals surface area contributed by atoms with Gasteiger partial charge in [0.15, 0.2) is 0 Å². The summed E-state index contributed by atoms with van der Waals surface area (Å²) in [5.41, 5.74) is 0. The Bertz CT molecular complexity index is 93.1. The Morgan fingerprint density at radius 2 is 2.11 bits per heavy atom. The van der Waals surface area contributed by atoms with E-state index in [1.54, 1.807) is 0 Å². The number of nitrogens with zero attached hydrogens (tertiary/aromatic N) is 1. The fourth-order valence-electron chi connectivity index (χ4n) is 0.669. The van der Waals surface area contributed by atoms with Gasteiger partial charge in [0.05, 0.1) is 0 Å². The van der Waals surface area contributed by atoms with Crippen molar-refractivity contribution in [1.29, 1.82) is 0 Å². The number of carbonyl (C=O) groups is 1. The number of amides is 1. The summed E-state index contributed by atoms with van der Waals surface area (Å²) in [6, 6.07) is 0. The van der Waals surface area contributed by atoms with E-state index in [1.807, 2.05) is 13.8 Å². The normalized spacial score (nSPS) is 17.2. The van der Waals surface area contributed by atoms with E-state index >= 15 is 0 Å². The summed E-state index contributed by atoms with van der Waals surface area (Å²) in [4.78, 5) is 10.4. The first-order valence-corrected chi connectivity index (χ1v) is 3.36. The molecule has 1 aliphatic rings. The molecule has 0 saturated carbocycles. The SMILES string of the molecule is CC.NN1CCCC1=O. The zero-order chi connectivity index (χ0) is 7.28. The standard InChI is InChI=1S/C4H8N2O.C2H6/c5-6-3-1-2-4(6)7;1-2/h1-3,5H2;1-2H3. The molecule has 1 aliphatic heterocycles. The number of rotatable bonds is 0. The average molecular weight is 130 g/mol. The summed E-state index contributed by atoms with van der Waals surface area (Å²) in [7, 11) is 0. The fourth-order valence-corrected chi connectivity index (χ4v) is 0.669. The summed E-state index contributed by atoms with van der Waals surface area (Å²) >= 11 is 0. The van der Waals surface area contributed by atoms with Crippen LogP contribution in [-0.2, 0) is 4.79 Å². The Hall–Kier alpha value is -0.570. The summed E-state index contributed by atoms with van der Waals surface area (Å²) in [6.07, 6.45) is 1.56. The molecule has 0 atom stereocenters. The van der Waals surface area contributed by atoms with Gasteiger partial charge >= 0.3 is 0 Å². The van der Waals surface area contributed by atoms with Crippen LogP contribution in [0.15, 0.2) is 0 Å². The van der Waals surface area contributed by atoms with Crippen LogP contribution in [0.2, 0.25) is 0 Å². The second-order valence-corrected chi connectivity index (χ2v) is 1.69. The van der Waals surface area contributed by atoms with Gasteiger partial charge in [-0.05, 0) is 6.42 Å². The van der Waals surface area contributed by atoms with Crippen LogP contribution in [0.25, 0.3) is 0 Å². The van der Waals surface area contributed by atoms with Crippen molar-refractivity contribution in [1.82, 2.24) is 5.01 Å². The first kappa shape index (κ1) is 8.43. The molecule has 9 heavy (non-hydrogen) atoms. The second-order valence-electron chi connectivity index (χ2n) is 1.69. The summed E-state index contributed by atoms with van der Waals surface area (Å²) in [5.74, 6) is 5.23. The highest BCUT2D eigenvalue weighted by molar-refractivity contribution is 5.77. The molecular weight excluding hydrogens is 116 g/mol. The van der Waals surface area contributed by atoms with E-state index in [4.69, 9.17) is 5.84 Å². The van der Waals surface area contributed by atoms with Gasteiger partial charge in [0, 0.05) is 13.0 Å². The zero-order valence-corrected chi connectivity index (χ0v) is 6.05. The molecule has 0 aromatic rings. The molecule has 0 radical (unpaired) electrons. The Balaban J connectivity index is 0.000000291. The smallest absolute Gasteiger partial charge is 0.236 e. The summed E-state index contributed by atoms with van der Waals surface area (Å²) < 4.78 is 0. The van der Waals surface area contributed by atoms with E-state index in [-0.39, 0.29) is 5.91 Å². The van der Waals surface area contributed by atoms with E-state index in [0.29, 0.717) is 6.42 Å². The molecule has 1 rings (SSSR count). The van der Waals surface area contributed by atoms with Crippen molar-refractivity contribution in [3.63, 3.8) is 0 Å². The number of hydrogen-bond donors (Lipinski definition) is 1. The molecule has 1 amide bonds. The zero-order valence-electron chi connectivity index (χ0n) is 6.05. The maximum atomic E-state index is 10.4. The van der Waals surface area contributed by atoms with Crippen LogP contribution in [0, 0.1) is 0 Å². The molecule has 0 bridgehead atoms. The van der Waals surface area contributed by atoms with Gasteiger partial charge in [0.2, 0.25) is 5.91 Å². The highest BCUT2D eigenvalue weighted by Gasteiger charge is 2.15. The van der Waals surface area contributed by atoms with Gasteiger partial charge in [-0.2, -0.15) is 0 Å². The molecule has 0 spiro atoms. The Labute approximate surface area is 55.8 Å². The Morgan fingerprint density at radius 1 is 1.56 bits per heavy atom. The largest absolute Gasteiger partial charge is 0.281 e. The molecule has 0 aliphatic carbocycles. The van der Waals surface area contributed by atoms with Crippen molar-refractivity contribution >= 4 is 5.91 Å². The number of nitrogens with two attached hydrogens (primary N) is 1. The third-order valence-corrected chi connectivity index (χ3v) is 1.11. The van der Waals surface area contributed by atoms with Gasteiger partial charge in [-0.15, -0.1) is 0 Å². The number of carbonyl (C=O) groups excluding carboxylic acids is 1. The van der Waals surface area contributed by atoms with Crippen LogP contribution < -0.4 is 5.84 Å². The van der Waals surface area contributed by atoms with E-state index in [2.05, 4.69) is 0 Å². The van der Waals surface area contributed by atoms with Crippen molar-refractivity contribution in [3.05, 3.63) is 0 Å². The lowest BCUT2D eigenvalue weighted by Gasteiger charge is -2.03. The van der Waals surface area contributed by atoms with Crippen LogP contribution in [0.3, 0.4) is 0 Å². The van der Waals surface area contributed by atoms with Gasteiger partial charge in [0.25, 0.3) is 0 Å². The van der Waals surface area contributed by atoms with Crippen molar-refractivity contribution in [2.75, 3.05) is 6.54 Å². The number of hydrogen-bond acceptors (Lipinski definition) is 2. The van der Waals surface area contributed by atoms with Crippen LogP contribution in [0.5, 0.6) is 0 Å². The van der Waals surface area contributed by atoms with Crippen molar-refractivity contribution in [2.24, 2.45) is 5.84 Å². The minimum Gasteiger partial charge on any atom is -0.281 e. The topological polar surface area (TPSA) is 46.3 Å². The molecule has 3 heteroatoms. The molecule has 1 heterocycles. The Morgan fingerprint density at radius 3 is 2.22 bits per heavy atom. The molecule has 0 unspecified atom stereocenters. The van der Waals surface area contributed by atoms with Crippen molar-refractivity contribution in [3.8, 4) is 0 Å². The van der Waals surface area contributed by atoms with Gasteiger partial charge < -0.3 is 0 Å². The molecule has 0 aromatic heterocycles. The fraction of sp³-hybridized carbons (Fsp3) is 0.833. The highest BCUT2D eigenvalue weighted by atomic mass is 16.2. The van der Waals surface area contributed by atoms with Gasteiger partial charge in [-0.25, -0.2) is 5.84 Å². The Kier molecular flexibility index (Phi) is 4.05. The van der Waals surface area contributed by atoms with Crippen LogP contribution >= 0.6 is 0 Å². The lowest BCUT2D eigenvalue weighted by atomic mass is 10.4.